The highest BCUT2D eigenvalue weighted by Crippen LogP contribution is 2.37. The Morgan fingerprint density at radius 1 is 1.12 bits per heavy atom. The molecule has 0 atom stereocenters. The van der Waals surface area contributed by atoms with Crippen molar-refractivity contribution < 1.29 is 9.59 Å². The van der Waals surface area contributed by atoms with E-state index in [1.165, 1.54) is 4.90 Å². The van der Waals surface area contributed by atoms with Gasteiger partial charge in [0.25, 0.3) is 11.8 Å². The van der Waals surface area contributed by atoms with Gasteiger partial charge in [-0.15, -0.1) is 0 Å². The topological polar surface area (TPSA) is 73.2 Å². The zero-order chi connectivity index (χ0) is 17.3. The van der Waals surface area contributed by atoms with Gasteiger partial charge < -0.3 is 10.2 Å². The number of nitrogens with one attached hydrogen (secondary N) is 1. The number of carbonyl (C=O) groups excluding carboxylic acids is 2. The molecule has 5 heteroatoms. The second-order valence-electron chi connectivity index (χ2n) is 5.56. The molecule has 0 unspecified atom stereocenters. The van der Waals surface area contributed by atoms with Gasteiger partial charge in [-0.1, -0.05) is 35.9 Å². The molecule has 0 spiro atoms. The van der Waals surface area contributed by atoms with E-state index in [-0.39, 0.29) is 17.1 Å². The van der Waals surface area contributed by atoms with E-state index in [0.29, 0.717) is 16.9 Å². The number of hydrogen-bond donors (Lipinski definition) is 1. The summed E-state index contributed by atoms with van der Waals surface area (Å²) in [6.07, 6.45) is 0. The molecule has 1 aliphatic heterocycles. The molecule has 0 aromatic heterocycles. The minimum Gasteiger partial charge on any atom is -0.321 e. The van der Waals surface area contributed by atoms with Crippen LogP contribution in [-0.2, 0) is 9.59 Å². The lowest BCUT2D eigenvalue weighted by Crippen LogP contribution is -2.23. The van der Waals surface area contributed by atoms with E-state index >= 15 is 0 Å². The van der Waals surface area contributed by atoms with Crippen LogP contribution in [0.2, 0.25) is 0 Å². The van der Waals surface area contributed by atoms with Crippen LogP contribution in [0.25, 0.3) is 5.57 Å². The number of rotatable bonds is 2. The Kier molecular flexibility index (Phi) is 3.88. The van der Waals surface area contributed by atoms with Gasteiger partial charge in [0.05, 0.1) is 11.3 Å². The van der Waals surface area contributed by atoms with E-state index in [4.69, 9.17) is 0 Å². The Morgan fingerprint density at radius 3 is 2.46 bits per heavy atom. The van der Waals surface area contributed by atoms with Gasteiger partial charge in [0, 0.05) is 18.3 Å². The fraction of sp³-hybridized carbons (Fsp3) is 0.105. The highest BCUT2D eigenvalue weighted by Gasteiger charge is 2.34. The number of benzene rings is 2. The fourth-order valence-corrected chi connectivity index (χ4v) is 2.66. The predicted octanol–water partition coefficient (Wildman–Crippen LogP) is 2.89. The monoisotopic (exact) mass is 317 g/mol. The van der Waals surface area contributed by atoms with Gasteiger partial charge in [0.2, 0.25) is 0 Å². The molecule has 5 nitrogen and oxygen atoms in total. The number of nitrogens with zero attached hydrogens (tertiary/aromatic N) is 2. The molecule has 0 bridgehead atoms. The summed E-state index contributed by atoms with van der Waals surface area (Å²) in [4.78, 5) is 26.5. The second-order valence-corrected chi connectivity index (χ2v) is 5.56. The van der Waals surface area contributed by atoms with E-state index in [9.17, 15) is 14.9 Å². The molecule has 2 amide bonds. The number of fused-ring (bicyclic) bond motifs is 1. The summed E-state index contributed by atoms with van der Waals surface area (Å²) in [7, 11) is 1.63. The van der Waals surface area contributed by atoms with Gasteiger partial charge in [-0.3, -0.25) is 9.59 Å². The number of carbonyl (C=O) groups is 2. The molecule has 2 aromatic carbocycles. The predicted molar refractivity (Wildman–Crippen MR) is 92.2 cm³/mol. The van der Waals surface area contributed by atoms with Gasteiger partial charge in [0.1, 0.15) is 11.6 Å². The number of nitriles is 1. The van der Waals surface area contributed by atoms with Crippen molar-refractivity contribution in [2.24, 2.45) is 0 Å². The molecule has 118 valence electrons. The smallest absolute Gasteiger partial charge is 0.267 e. The molecule has 0 saturated heterocycles. The Bertz CT molecular complexity index is 905. The molecule has 0 radical (unpaired) electrons. The van der Waals surface area contributed by atoms with Crippen molar-refractivity contribution in [2.75, 3.05) is 17.3 Å². The van der Waals surface area contributed by atoms with Crippen LogP contribution in [0.4, 0.5) is 11.4 Å². The maximum absolute atomic E-state index is 12.5. The zero-order valence-corrected chi connectivity index (χ0v) is 13.3. The molecule has 24 heavy (non-hydrogen) atoms. The van der Waals surface area contributed by atoms with Crippen molar-refractivity contribution in [2.45, 2.75) is 6.92 Å². The number of anilines is 2. The summed E-state index contributed by atoms with van der Waals surface area (Å²) >= 11 is 0. The molecule has 1 aliphatic rings. The molecule has 2 aromatic rings. The van der Waals surface area contributed by atoms with Crippen molar-refractivity contribution in [1.82, 2.24) is 0 Å². The Labute approximate surface area is 139 Å². The minimum atomic E-state index is -0.588. The first-order valence-electron chi connectivity index (χ1n) is 7.42. The third-order valence-corrected chi connectivity index (χ3v) is 3.95. The first-order chi connectivity index (χ1) is 11.5. The maximum atomic E-state index is 12.5. The number of aryl methyl sites for hydroxylation is 1. The van der Waals surface area contributed by atoms with Gasteiger partial charge in [-0.2, -0.15) is 5.26 Å². The van der Waals surface area contributed by atoms with E-state index in [1.807, 2.05) is 31.2 Å². The van der Waals surface area contributed by atoms with E-state index < -0.39 is 5.91 Å². The Morgan fingerprint density at radius 2 is 1.79 bits per heavy atom. The number of para-hydroxylation sites is 1. The summed E-state index contributed by atoms with van der Waals surface area (Å²) < 4.78 is 0. The molecule has 0 aliphatic carbocycles. The molecule has 0 saturated carbocycles. The summed E-state index contributed by atoms with van der Waals surface area (Å²) in [6.45, 7) is 1.94. The first-order valence-corrected chi connectivity index (χ1v) is 7.42. The minimum absolute atomic E-state index is 0.139. The van der Waals surface area contributed by atoms with E-state index in [0.717, 1.165) is 5.56 Å². The SMILES string of the molecule is Cc1ccc(NC(=O)/C(C#N)=C2\C(=O)N(C)c3ccccc32)cc1. The van der Waals surface area contributed by atoms with Crippen LogP contribution < -0.4 is 10.2 Å². The molecule has 3 rings (SSSR count). The van der Waals surface area contributed by atoms with Crippen LogP contribution in [0.5, 0.6) is 0 Å². The van der Waals surface area contributed by atoms with E-state index in [2.05, 4.69) is 5.32 Å². The molecule has 1 N–H and O–H groups in total. The number of amides is 2. The van der Waals surface area contributed by atoms with Gasteiger partial charge in [-0.25, -0.2) is 0 Å². The van der Waals surface area contributed by atoms with Gasteiger partial charge in [0.15, 0.2) is 0 Å². The molecular weight excluding hydrogens is 302 g/mol. The highest BCUT2D eigenvalue weighted by atomic mass is 16.2. The van der Waals surface area contributed by atoms with Crippen molar-refractivity contribution in [3.8, 4) is 6.07 Å². The third kappa shape index (κ3) is 2.55. The van der Waals surface area contributed by atoms with Crippen LogP contribution in [0, 0.1) is 18.3 Å². The summed E-state index contributed by atoms with van der Waals surface area (Å²) in [5.74, 6) is -0.943. The first kappa shape index (κ1) is 15.5. The Hall–Kier alpha value is -3.39. The van der Waals surface area contributed by atoms with Crippen LogP contribution >= 0.6 is 0 Å². The van der Waals surface area contributed by atoms with Crippen molar-refractivity contribution in [3.63, 3.8) is 0 Å². The average Bonchev–Trinajstić information content (AvgIpc) is 2.83. The van der Waals surface area contributed by atoms with Gasteiger partial charge >= 0.3 is 0 Å². The summed E-state index contributed by atoms with van der Waals surface area (Å²) in [5, 5.41) is 12.1. The van der Waals surface area contributed by atoms with Crippen LogP contribution in [0.15, 0.2) is 54.1 Å². The molecule has 0 fully saturated rings. The van der Waals surface area contributed by atoms with Crippen LogP contribution in [0.1, 0.15) is 11.1 Å². The maximum Gasteiger partial charge on any atom is 0.267 e. The lowest BCUT2D eigenvalue weighted by Gasteiger charge is -2.08. The standard InChI is InChI=1S/C19H15N3O2/c1-12-7-9-13(10-8-12)21-18(23)15(11-20)17-14-5-3-4-6-16(14)22(2)19(17)24/h3-10H,1-2H3,(H,21,23)/b17-15-. The second kappa shape index (κ2) is 6.01. The van der Waals surface area contributed by atoms with E-state index in [1.54, 1.807) is 37.4 Å². The van der Waals surface area contributed by atoms with Crippen molar-refractivity contribution in [3.05, 3.63) is 65.2 Å². The normalized spacial score (nSPS) is 14.9. The largest absolute Gasteiger partial charge is 0.321 e. The Balaban J connectivity index is 2.03. The van der Waals surface area contributed by atoms with Crippen LogP contribution in [0.3, 0.4) is 0 Å². The van der Waals surface area contributed by atoms with Crippen molar-refractivity contribution >= 4 is 28.8 Å². The summed E-state index contributed by atoms with van der Waals surface area (Å²) in [5.41, 5.74) is 2.88. The van der Waals surface area contributed by atoms with Gasteiger partial charge in [-0.05, 0) is 25.1 Å². The van der Waals surface area contributed by atoms with Crippen molar-refractivity contribution in [1.29, 1.82) is 5.26 Å². The zero-order valence-electron chi connectivity index (χ0n) is 13.3. The lowest BCUT2D eigenvalue weighted by molar-refractivity contribution is -0.114. The average molecular weight is 317 g/mol. The quantitative estimate of drug-likeness (QED) is 0.683. The summed E-state index contributed by atoms with van der Waals surface area (Å²) in [6, 6.07) is 16.2. The molecular formula is C19H15N3O2. The fourth-order valence-electron chi connectivity index (χ4n) is 2.66. The number of hydrogen-bond acceptors (Lipinski definition) is 3. The highest BCUT2D eigenvalue weighted by molar-refractivity contribution is 6.37. The number of likely N-dealkylation sites (N-methyl/N-ethyl adjacent to an activating group) is 1. The molecule has 1 heterocycles. The third-order valence-electron chi connectivity index (χ3n) is 3.95. The lowest BCUT2D eigenvalue weighted by atomic mass is 10.0. The van der Waals surface area contributed by atoms with Crippen LogP contribution in [-0.4, -0.2) is 18.9 Å².